The molecule has 4 aromatic heterocycles. The zero-order valence-corrected chi connectivity index (χ0v) is 47.0. The van der Waals surface area contributed by atoms with E-state index in [1.165, 1.54) is 6.07 Å². The Labute approximate surface area is 475 Å². The Kier molecular flexibility index (Phi) is 15.7. The highest BCUT2D eigenvalue weighted by Gasteiger charge is 2.42. The maximum Gasteiger partial charge on any atom is 0.319 e. The molecule has 4 saturated heterocycles. The van der Waals surface area contributed by atoms with E-state index in [1.807, 2.05) is 83.1 Å². The van der Waals surface area contributed by atoms with Gasteiger partial charge in [-0.1, -0.05) is 81.4 Å². The van der Waals surface area contributed by atoms with Gasteiger partial charge in [-0.3, -0.25) is 24.7 Å². The van der Waals surface area contributed by atoms with Gasteiger partial charge in [0.2, 0.25) is 11.8 Å². The van der Waals surface area contributed by atoms with Crippen LogP contribution in [-0.2, 0) is 20.9 Å². The Morgan fingerprint density at radius 3 is 2.41 bits per heavy atom. The van der Waals surface area contributed by atoms with Gasteiger partial charge in [0.25, 0.3) is 0 Å². The van der Waals surface area contributed by atoms with Gasteiger partial charge in [0.05, 0.1) is 55.7 Å². The van der Waals surface area contributed by atoms with Crippen molar-refractivity contribution in [3.63, 3.8) is 0 Å². The molecule has 8 heterocycles. The fourth-order valence-electron chi connectivity index (χ4n) is 12.3. The maximum absolute atomic E-state index is 16.1. The number of rotatable bonds is 17. The summed E-state index contributed by atoms with van der Waals surface area (Å²) in [6.07, 6.45) is 14.0. The van der Waals surface area contributed by atoms with Crippen molar-refractivity contribution in [2.75, 3.05) is 44.4 Å². The Morgan fingerprint density at radius 2 is 1.71 bits per heavy atom. The molecule has 0 spiro atoms. The number of aliphatic hydroxyl groups excluding tert-OH is 1. The lowest BCUT2D eigenvalue weighted by Gasteiger charge is -2.31. The number of H-pyrrole nitrogens is 1. The van der Waals surface area contributed by atoms with E-state index in [2.05, 4.69) is 52.1 Å². The molecule has 1 aliphatic carbocycles. The lowest BCUT2D eigenvalue weighted by Crippen LogP contribution is -2.50. The van der Waals surface area contributed by atoms with E-state index in [4.69, 9.17) is 24.2 Å². The van der Waals surface area contributed by atoms with Crippen LogP contribution in [0.25, 0.3) is 55.4 Å². The lowest BCUT2D eigenvalue weighted by molar-refractivity contribution is -0.142. The van der Waals surface area contributed by atoms with Crippen LogP contribution in [0.2, 0.25) is 0 Å². The molecule has 82 heavy (non-hydrogen) atoms. The summed E-state index contributed by atoms with van der Waals surface area (Å²) >= 11 is 0. The van der Waals surface area contributed by atoms with Crippen molar-refractivity contribution in [2.45, 2.75) is 128 Å². The molecule has 20 heteroatoms. The third-order valence-corrected chi connectivity index (χ3v) is 16.7. The molecule has 5 atom stereocenters. The highest BCUT2D eigenvalue weighted by atomic mass is 19.1. The van der Waals surface area contributed by atoms with Gasteiger partial charge in [-0.25, -0.2) is 9.07 Å². The predicted octanol–water partition coefficient (Wildman–Crippen LogP) is 8.96. The number of carbonyl (C=O) groups excluding carboxylic acids is 2. The SMILES string of the molecule is CC.Cc1c(F)cc2[nH]ncc2c1-c1c(C2CC2)cc2c(N3CC4CC3CN4)nc(OC3CCOCC3)nc2c1OCc1ccc(-c2cn(C(C(=O)N3CCCC3C(=O)NC(CO)c3ccc(-c4cnccn4)cc3)C(C)C)nn2)cc1. The summed E-state index contributed by atoms with van der Waals surface area (Å²) in [6, 6.07) is 17.9. The Bertz CT molecular complexity index is 3590. The van der Waals surface area contributed by atoms with Crippen molar-refractivity contribution in [1.29, 1.82) is 0 Å². The molecule has 5 unspecified atom stereocenters. The standard InChI is InChI=1S/C60H64FN13O6.C2H6/c1-33(2)55(59(77)72-20-4-5-51(72)58(76)66-50(31-75)39-14-12-37(13-15-39)48-28-62-18-19-63-48)74-30-49(70-71-74)38-8-6-35(7-9-38)32-79-56-53(52-34(3)46(61)25-47-45(52)27-65-69-47)43(36-10-11-36)24-44-54(56)67-60(80-42-16-21-78-22-17-42)68-57(44)73-29-40-23-41(73)26-64-40;1-2/h6-9,12-15,18-19,24-25,27-28,30,33,36,40-42,50-51,55,64,75H,4-5,10-11,16-17,20-23,26,29,31-32H2,1-3H3,(H,65,69)(H,66,76);1-2H3. The number of hydrogen-bond acceptors (Lipinski definition) is 15. The molecule has 5 fully saturated rings. The van der Waals surface area contributed by atoms with Crippen LogP contribution in [0.4, 0.5) is 10.2 Å². The molecule has 4 aliphatic heterocycles. The number of piperazine rings is 1. The lowest BCUT2D eigenvalue weighted by atomic mass is 9.88. The molecular formula is C62H70FN13O6. The number of hydrogen-bond donors (Lipinski definition) is 4. The number of ether oxygens (including phenoxy) is 3. The summed E-state index contributed by atoms with van der Waals surface area (Å²) in [6.45, 7) is 12.9. The molecule has 426 valence electrons. The molecule has 5 aliphatic rings. The van der Waals surface area contributed by atoms with Gasteiger partial charge in [0.1, 0.15) is 47.6 Å². The average Bonchev–Trinajstić information content (AvgIpc) is 4.24. The second-order valence-electron chi connectivity index (χ2n) is 22.3. The molecule has 19 nitrogen and oxygen atoms in total. The van der Waals surface area contributed by atoms with Crippen molar-refractivity contribution in [2.24, 2.45) is 5.92 Å². The molecule has 4 N–H and O–H groups in total. The van der Waals surface area contributed by atoms with Crippen LogP contribution in [0.1, 0.15) is 113 Å². The second-order valence-corrected chi connectivity index (χ2v) is 22.3. The molecular weight excluding hydrogens is 1040 g/mol. The Hall–Kier alpha value is -7.94. The number of aliphatic hydroxyl groups is 1. The zero-order chi connectivity index (χ0) is 56.6. The van der Waals surface area contributed by atoms with Gasteiger partial charge in [-0.05, 0) is 85.3 Å². The number of likely N-dealkylation sites (tertiary alicyclic amines) is 1. The minimum atomic E-state index is -0.732. The third-order valence-electron chi connectivity index (χ3n) is 16.7. The van der Waals surface area contributed by atoms with Gasteiger partial charge in [0, 0.05) is 90.0 Å². The zero-order valence-electron chi connectivity index (χ0n) is 47.0. The topological polar surface area (TPSA) is 224 Å². The number of anilines is 1. The van der Waals surface area contributed by atoms with Crippen LogP contribution >= 0.6 is 0 Å². The molecule has 2 bridgehead atoms. The van der Waals surface area contributed by atoms with E-state index in [-0.39, 0.29) is 60.8 Å². The quantitative estimate of drug-likeness (QED) is 0.0668. The smallest absolute Gasteiger partial charge is 0.319 e. The number of benzene rings is 4. The highest BCUT2D eigenvalue weighted by Crippen LogP contribution is 2.53. The largest absolute Gasteiger partial charge is 0.486 e. The number of amides is 2. The first-order valence-electron chi connectivity index (χ1n) is 29.0. The van der Waals surface area contributed by atoms with Gasteiger partial charge >= 0.3 is 6.01 Å². The van der Waals surface area contributed by atoms with Crippen LogP contribution in [-0.4, -0.2) is 131 Å². The van der Waals surface area contributed by atoms with E-state index in [0.29, 0.717) is 72.4 Å². The van der Waals surface area contributed by atoms with Crippen LogP contribution < -0.4 is 25.0 Å². The summed E-state index contributed by atoms with van der Waals surface area (Å²) in [5, 5.41) is 35.2. The number of aromatic nitrogens is 9. The number of nitrogens with one attached hydrogen (secondary N) is 3. The number of nitrogens with zero attached hydrogens (tertiary/aromatic N) is 10. The number of aromatic amines is 1. The molecule has 13 rings (SSSR count). The first-order chi connectivity index (χ1) is 40.1. The number of fused-ring (bicyclic) bond motifs is 4. The molecule has 4 aromatic carbocycles. The summed E-state index contributed by atoms with van der Waals surface area (Å²) in [5.41, 5.74) is 8.81. The van der Waals surface area contributed by atoms with Crippen LogP contribution in [0.5, 0.6) is 11.8 Å². The van der Waals surface area contributed by atoms with Crippen molar-refractivity contribution in [1.82, 2.24) is 60.7 Å². The first kappa shape index (κ1) is 54.6. The summed E-state index contributed by atoms with van der Waals surface area (Å²) in [4.78, 5) is 51.5. The van der Waals surface area contributed by atoms with E-state index in [9.17, 15) is 14.7 Å². The van der Waals surface area contributed by atoms with Crippen LogP contribution in [0.3, 0.4) is 0 Å². The van der Waals surface area contributed by atoms with Gasteiger partial charge in [0.15, 0.2) is 5.75 Å². The van der Waals surface area contributed by atoms with E-state index < -0.39 is 18.1 Å². The van der Waals surface area contributed by atoms with Crippen molar-refractivity contribution in [3.8, 4) is 45.4 Å². The number of carbonyl (C=O) groups is 2. The van der Waals surface area contributed by atoms with E-state index in [0.717, 1.165) is 101 Å². The molecule has 2 amide bonds. The Balaban J connectivity index is 0.00000329. The van der Waals surface area contributed by atoms with Crippen molar-refractivity contribution in [3.05, 3.63) is 120 Å². The minimum Gasteiger partial charge on any atom is -0.486 e. The van der Waals surface area contributed by atoms with Crippen molar-refractivity contribution < 1.29 is 33.3 Å². The average molecular weight is 1110 g/mol. The van der Waals surface area contributed by atoms with Crippen LogP contribution in [0, 0.1) is 18.7 Å². The summed E-state index contributed by atoms with van der Waals surface area (Å²) in [7, 11) is 0. The second kappa shape index (κ2) is 23.5. The van der Waals surface area contributed by atoms with E-state index >= 15 is 4.39 Å². The van der Waals surface area contributed by atoms with Gasteiger partial charge < -0.3 is 39.8 Å². The minimum absolute atomic E-state index is 0.108. The van der Waals surface area contributed by atoms with Gasteiger partial charge in [-0.2, -0.15) is 15.1 Å². The Morgan fingerprint density at radius 1 is 0.927 bits per heavy atom. The van der Waals surface area contributed by atoms with Gasteiger partial charge in [-0.15, -0.1) is 5.10 Å². The number of halogens is 1. The summed E-state index contributed by atoms with van der Waals surface area (Å²) < 4.78 is 37.2. The molecule has 8 aromatic rings. The monoisotopic (exact) mass is 1110 g/mol. The van der Waals surface area contributed by atoms with Crippen molar-refractivity contribution >= 4 is 39.4 Å². The predicted molar refractivity (Wildman–Crippen MR) is 308 cm³/mol. The fraction of sp³-hybridized carbons (Fsp3) is 0.435. The van der Waals surface area contributed by atoms with E-state index in [1.54, 1.807) is 40.6 Å². The normalized spacial score (nSPS) is 19.6. The summed E-state index contributed by atoms with van der Waals surface area (Å²) in [5.74, 6) is 0.510. The maximum atomic E-state index is 16.1. The fourth-order valence-corrected chi connectivity index (χ4v) is 12.3. The highest BCUT2D eigenvalue weighted by molar-refractivity contribution is 6.06. The first-order valence-corrected chi connectivity index (χ1v) is 29.0. The third kappa shape index (κ3) is 10.7. The molecule has 0 radical (unpaired) electrons. The molecule has 1 saturated carbocycles. The van der Waals surface area contributed by atoms with Crippen LogP contribution in [0.15, 0.2) is 91.6 Å².